The number of benzene rings is 1. The molecule has 1 aromatic rings. The first-order valence-electron chi connectivity index (χ1n) is 15.9. The lowest BCUT2D eigenvalue weighted by atomic mass is 9.59. The lowest BCUT2D eigenvalue weighted by Gasteiger charge is -2.52. The maximum atomic E-state index is 11.8. The Balaban J connectivity index is 0. The predicted octanol–water partition coefficient (Wildman–Crippen LogP) is 7.37. The zero-order valence-electron chi connectivity index (χ0n) is 28.7. The number of nitrogens with zero attached hydrogens (tertiary/aromatic N) is 2. The van der Waals surface area contributed by atoms with E-state index < -0.39 is 11.6 Å². The summed E-state index contributed by atoms with van der Waals surface area (Å²) in [6.45, 7) is 21.3. The number of hydrogen-bond donors (Lipinski definition) is 1. The van der Waals surface area contributed by atoms with Gasteiger partial charge in [0.05, 0.1) is 19.6 Å². The van der Waals surface area contributed by atoms with Crippen LogP contribution in [0.4, 0.5) is 5.69 Å². The number of likely N-dealkylation sites (N-methyl/N-ethyl adjacent to an activating group) is 1. The largest absolute Gasteiger partial charge is 0.497 e. The quantitative estimate of drug-likeness (QED) is 0.265. The van der Waals surface area contributed by atoms with E-state index in [0.717, 1.165) is 49.4 Å². The molecule has 0 saturated carbocycles. The van der Waals surface area contributed by atoms with Gasteiger partial charge in [-0.05, 0) is 44.4 Å². The maximum absolute atomic E-state index is 11.8. The number of esters is 2. The van der Waals surface area contributed by atoms with Gasteiger partial charge in [0.15, 0.2) is 0 Å². The fraction of sp³-hybridized carbons (Fsp3) is 0.714. The lowest BCUT2D eigenvalue weighted by molar-refractivity contribution is -0.155. The van der Waals surface area contributed by atoms with Crippen LogP contribution in [-0.4, -0.2) is 74.7 Å². The Bertz CT molecular complexity index is 983. The van der Waals surface area contributed by atoms with Crippen LogP contribution in [-0.2, 0) is 24.5 Å². The highest BCUT2D eigenvalue weighted by Crippen LogP contribution is 2.60. The van der Waals surface area contributed by atoms with Crippen LogP contribution in [0.15, 0.2) is 30.4 Å². The molecular weight excluding hydrogens is 544 g/mol. The minimum Gasteiger partial charge on any atom is -0.497 e. The van der Waals surface area contributed by atoms with Crippen LogP contribution in [0, 0.1) is 5.41 Å². The van der Waals surface area contributed by atoms with Crippen molar-refractivity contribution in [3.8, 4) is 5.75 Å². The fourth-order valence-corrected chi connectivity index (χ4v) is 6.55. The van der Waals surface area contributed by atoms with E-state index in [4.69, 9.17) is 9.47 Å². The summed E-state index contributed by atoms with van der Waals surface area (Å²) in [6, 6.07) is 6.14. The molecule has 5 atom stereocenters. The number of carbonyl (C=O) groups excluding carboxylic acids is 2. The molecule has 1 N–H and O–H groups in total. The Morgan fingerprint density at radius 1 is 1.09 bits per heavy atom. The smallest absolute Gasteiger partial charge is 0.305 e. The number of carbonyl (C=O) groups is 2. The molecule has 3 aliphatic heterocycles. The number of aliphatic hydroxyl groups is 1. The Kier molecular flexibility index (Phi) is 20.2. The molecule has 4 unspecified atom stereocenters. The standard InChI is InChI=1S/C23H32N2O4.C5H10O2.3C2H6.CH4/c1-6-22(15(2)29-16(3)26)10-7-12-25-13-11-23(20(22)25)18-9-8-17(28-5)14-19(18)24(4)21(23)27;1-3-4-5(6)7-2;3*1-2;/h7-10,14-15,20-21,27H,6,11-13H2,1-5H3;3-4H2,1-2H3;3*1-2H3;1H4/t15?,20?,21?,22-,23?;;;;;/m0...../s1. The zero-order valence-corrected chi connectivity index (χ0v) is 28.7. The van der Waals surface area contributed by atoms with Crippen molar-refractivity contribution in [2.24, 2.45) is 5.41 Å². The topological polar surface area (TPSA) is 88.5 Å². The Morgan fingerprint density at radius 2 is 1.70 bits per heavy atom. The number of anilines is 1. The van der Waals surface area contributed by atoms with Crippen molar-refractivity contribution in [1.29, 1.82) is 0 Å². The Labute approximate surface area is 263 Å². The average Bonchev–Trinajstić information content (AvgIpc) is 3.52. The Hall–Kier alpha value is -2.58. The summed E-state index contributed by atoms with van der Waals surface area (Å²) in [5.41, 5.74) is 1.34. The molecule has 43 heavy (non-hydrogen) atoms. The summed E-state index contributed by atoms with van der Waals surface area (Å²) in [6.07, 6.45) is 6.58. The Morgan fingerprint density at radius 3 is 2.16 bits per heavy atom. The molecule has 3 aliphatic rings. The predicted molar refractivity (Wildman–Crippen MR) is 180 cm³/mol. The van der Waals surface area contributed by atoms with E-state index in [0.29, 0.717) is 6.42 Å². The fourth-order valence-electron chi connectivity index (χ4n) is 6.55. The SMILES string of the molecule is C.CC.CC.CC.CCCC(=O)OC.CC[C@@]1(C(C)OC(C)=O)C=CCN2CCC3(c4ccc(OC)cc4N(C)C3O)C21. The molecule has 250 valence electrons. The van der Waals surface area contributed by atoms with Crippen LogP contribution in [0.3, 0.4) is 0 Å². The molecule has 1 spiro atoms. The third-order valence-electron chi connectivity index (χ3n) is 8.25. The minimum atomic E-state index is -0.651. The third kappa shape index (κ3) is 8.75. The molecule has 8 nitrogen and oxygen atoms in total. The van der Waals surface area contributed by atoms with Gasteiger partial charge in [0.2, 0.25) is 0 Å². The van der Waals surface area contributed by atoms with Gasteiger partial charge in [-0.3, -0.25) is 14.5 Å². The van der Waals surface area contributed by atoms with E-state index in [1.165, 1.54) is 14.0 Å². The summed E-state index contributed by atoms with van der Waals surface area (Å²) >= 11 is 0. The van der Waals surface area contributed by atoms with Gasteiger partial charge in [0, 0.05) is 50.1 Å². The first kappa shape index (κ1) is 42.6. The van der Waals surface area contributed by atoms with Gasteiger partial charge in [0.25, 0.3) is 0 Å². The molecule has 1 fully saturated rings. The highest BCUT2D eigenvalue weighted by atomic mass is 16.5. The molecular formula is C35H64N2O6. The first-order valence-corrected chi connectivity index (χ1v) is 15.9. The van der Waals surface area contributed by atoms with Crippen molar-refractivity contribution >= 4 is 17.6 Å². The highest BCUT2D eigenvalue weighted by Gasteiger charge is 2.65. The second-order valence-corrected chi connectivity index (χ2v) is 10.0. The van der Waals surface area contributed by atoms with Crippen LogP contribution >= 0.6 is 0 Å². The van der Waals surface area contributed by atoms with Gasteiger partial charge < -0.3 is 24.2 Å². The number of fused-ring (bicyclic) bond motifs is 4. The molecule has 0 bridgehead atoms. The van der Waals surface area contributed by atoms with Gasteiger partial charge in [-0.1, -0.05) is 81.0 Å². The average molecular weight is 609 g/mol. The van der Waals surface area contributed by atoms with Crippen LogP contribution in [0.2, 0.25) is 0 Å². The number of rotatable bonds is 6. The first-order chi connectivity index (χ1) is 20.1. The van der Waals surface area contributed by atoms with E-state index in [1.54, 1.807) is 7.11 Å². The molecule has 8 heteroatoms. The second-order valence-electron chi connectivity index (χ2n) is 10.0. The van der Waals surface area contributed by atoms with Crippen molar-refractivity contribution in [3.63, 3.8) is 0 Å². The summed E-state index contributed by atoms with van der Waals surface area (Å²) in [7, 11) is 5.01. The van der Waals surface area contributed by atoms with Crippen LogP contribution < -0.4 is 9.64 Å². The summed E-state index contributed by atoms with van der Waals surface area (Å²) < 4.78 is 15.5. The monoisotopic (exact) mass is 608 g/mol. The molecule has 0 radical (unpaired) electrons. The number of hydrogen-bond acceptors (Lipinski definition) is 8. The summed E-state index contributed by atoms with van der Waals surface area (Å²) in [5, 5.41) is 11.6. The van der Waals surface area contributed by atoms with Crippen molar-refractivity contribution in [2.75, 3.05) is 39.3 Å². The zero-order chi connectivity index (χ0) is 32.7. The third-order valence-corrected chi connectivity index (χ3v) is 8.25. The van der Waals surface area contributed by atoms with Gasteiger partial charge in [-0.15, -0.1) is 0 Å². The van der Waals surface area contributed by atoms with Crippen LogP contribution in [0.1, 0.15) is 108 Å². The van der Waals surface area contributed by atoms with E-state index in [1.807, 2.05) is 79.5 Å². The van der Waals surface area contributed by atoms with E-state index >= 15 is 0 Å². The molecule has 4 rings (SSSR count). The normalized spacial score (nSPS) is 24.8. The molecule has 0 amide bonds. The maximum Gasteiger partial charge on any atom is 0.305 e. The van der Waals surface area contributed by atoms with Gasteiger partial charge in [-0.25, -0.2) is 0 Å². The summed E-state index contributed by atoms with van der Waals surface area (Å²) in [5.74, 6) is 0.396. The van der Waals surface area contributed by atoms with E-state index in [9.17, 15) is 14.7 Å². The van der Waals surface area contributed by atoms with Gasteiger partial charge in [-0.2, -0.15) is 0 Å². The van der Waals surface area contributed by atoms with Crippen molar-refractivity contribution in [3.05, 3.63) is 35.9 Å². The van der Waals surface area contributed by atoms with Gasteiger partial charge in [0.1, 0.15) is 18.1 Å². The molecule has 1 aromatic carbocycles. The van der Waals surface area contributed by atoms with Crippen molar-refractivity contribution < 1.29 is 28.9 Å². The van der Waals surface area contributed by atoms with Crippen molar-refractivity contribution in [2.45, 2.75) is 126 Å². The number of ether oxygens (including phenoxy) is 3. The van der Waals surface area contributed by atoms with Crippen LogP contribution in [0.25, 0.3) is 0 Å². The van der Waals surface area contributed by atoms with E-state index in [2.05, 4.69) is 34.8 Å². The molecule has 3 heterocycles. The van der Waals surface area contributed by atoms with Crippen LogP contribution in [0.5, 0.6) is 5.75 Å². The van der Waals surface area contributed by atoms with Crippen molar-refractivity contribution in [1.82, 2.24) is 4.90 Å². The number of aliphatic hydroxyl groups excluding tert-OH is 1. The highest BCUT2D eigenvalue weighted by molar-refractivity contribution is 5.69. The van der Waals surface area contributed by atoms with Gasteiger partial charge >= 0.3 is 11.9 Å². The molecule has 0 aromatic heterocycles. The number of methoxy groups -OCH3 is 2. The summed E-state index contributed by atoms with van der Waals surface area (Å²) in [4.78, 5) is 26.4. The lowest BCUT2D eigenvalue weighted by Crippen LogP contribution is -2.62. The molecule has 1 saturated heterocycles. The minimum absolute atomic E-state index is 0. The van der Waals surface area contributed by atoms with E-state index in [-0.39, 0.29) is 36.9 Å². The second kappa shape index (κ2) is 20.4. The molecule has 0 aliphatic carbocycles.